The summed E-state index contributed by atoms with van der Waals surface area (Å²) in [6.07, 6.45) is 1.82. The first-order chi connectivity index (χ1) is 18.8. The van der Waals surface area contributed by atoms with Crippen molar-refractivity contribution in [1.82, 2.24) is 4.57 Å². The normalized spacial score (nSPS) is 14.9. The highest BCUT2D eigenvalue weighted by molar-refractivity contribution is 7.07. The van der Waals surface area contributed by atoms with Gasteiger partial charge in [0.1, 0.15) is 0 Å². The summed E-state index contributed by atoms with van der Waals surface area (Å²) >= 11 is 1.26. The van der Waals surface area contributed by atoms with E-state index in [1.807, 2.05) is 44.2 Å². The first-order valence-corrected chi connectivity index (χ1v) is 13.3. The Labute approximate surface area is 229 Å². The number of aromatic nitrogens is 1. The summed E-state index contributed by atoms with van der Waals surface area (Å²) in [7, 11) is 1.28. The van der Waals surface area contributed by atoms with Gasteiger partial charge < -0.3 is 18.9 Å². The molecule has 1 atom stereocenters. The fraction of sp³-hybridized carbons (Fsp3) is 0.310. The predicted octanol–water partition coefficient (Wildman–Crippen LogP) is 3.06. The molecule has 1 aliphatic heterocycles. The summed E-state index contributed by atoms with van der Waals surface area (Å²) in [5, 5.41) is 0. The second-order valence-corrected chi connectivity index (χ2v) is 9.73. The maximum absolute atomic E-state index is 13.8. The number of carbonyl (C=O) groups is 2. The molecule has 3 aromatic rings. The van der Waals surface area contributed by atoms with Crippen LogP contribution in [0.2, 0.25) is 0 Å². The van der Waals surface area contributed by atoms with Gasteiger partial charge in [-0.05, 0) is 57.0 Å². The van der Waals surface area contributed by atoms with E-state index in [9.17, 15) is 14.4 Å². The highest BCUT2D eigenvalue weighted by Crippen LogP contribution is 2.36. The molecule has 1 aliphatic rings. The molecule has 9 nitrogen and oxygen atoms in total. The Bertz CT molecular complexity index is 1600. The van der Waals surface area contributed by atoms with E-state index in [0.717, 1.165) is 11.1 Å². The zero-order valence-corrected chi connectivity index (χ0v) is 23.3. The molecule has 0 aliphatic carbocycles. The highest BCUT2D eigenvalue weighted by atomic mass is 32.1. The molecule has 0 radical (unpaired) electrons. The maximum atomic E-state index is 13.8. The van der Waals surface area contributed by atoms with Crippen molar-refractivity contribution < 1.29 is 28.5 Å². The smallest absolute Gasteiger partial charge is 0.343 e. The van der Waals surface area contributed by atoms with Crippen LogP contribution >= 0.6 is 11.3 Å². The molecule has 0 saturated carbocycles. The number of rotatable bonds is 9. The van der Waals surface area contributed by atoms with Crippen molar-refractivity contribution in [2.45, 2.75) is 33.7 Å². The largest absolute Gasteiger partial charge is 0.490 e. The number of hydrogen-bond acceptors (Lipinski definition) is 9. The molecule has 2 aromatic carbocycles. The van der Waals surface area contributed by atoms with Crippen LogP contribution in [0.15, 0.2) is 63.5 Å². The zero-order chi connectivity index (χ0) is 28.1. The molecule has 0 N–H and O–H groups in total. The van der Waals surface area contributed by atoms with Crippen molar-refractivity contribution >= 4 is 29.4 Å². The van der Waals surface area contributed by atoms with Crippen LogP contribution in [0.5, 0.6) is 11.5 Å². The lowest BCUT2D eigenvalue weighted by Gasteiger charge is -2.25. The maximum Gasteiger partial charge on any atom is 0.343 e. The molecule has 10 heteroatoms. The lowest BCUT2D eigenvalue weighted by atomic mass is 9.95. The standard InChI is InChI=1S/C29H30N2O7S/c1-6-36-22-15-20(12-13-21(22)38-16-24(32)35-5)26-25(28(34)37-7-2)18(4)30-29-31(26)27(33)23(39-29)14-19-10-8-17(3)9-11-19/h8-15,26H,6-7,16H2,1-5H3/b23-14-/t26-/m0/s1. The fourth-order valence-electron chi connectivity index (χ4n) is 4.20. The van der Waals surface area contributed by atoms with E-state index in [2.05, 4.69) is 9.73 Å². The van der Waals surface area contributed by atoms with Crippen molar-refractivity contribution in [2.75, 3.05) is 26.9 Å². The summed E-state index contributed by atoms with van der Waals surface area (Å²) in [6.45, 7) is 7.48. The van der Waals surface area contributed by atoms with Gasteiger partial charge in [-0.2, -0.15) is 0 Å². The molecule has 0 spiro atoms. The average Bonchev–Trinajstić information content (AvgIpc) is 3.22. The molecule has 0 fully saturated rings. The summed E-state index contributed by atoms with van der Waals surface area (Å²) in [6, 6.07) is 12.1. The first-order valence-electron chi connectivity index (χ1n) is 12.5. The molecule has 0 saturated heterocycles. The average molecular weight is 551 g/mol. The van der Waals surface area contributed by atoms with Gasteiger partial charge in [0.05, 0.1) is 42.2 Å². The van der Waals surface area contributed by atoms with E-state index in [-0.39, 0.29) is 24.3 Å². The zero-order valence-electron chi connectivity index (χ0n) is 22.5. The number of fused-ring (bicyclic) bond motifs is 1. The third-order valence-electron chi connectivity index (χ3n) is 6.05. The molecule has 0 amide bonds. The molecule has 0 unspecified atom stereocenters. The lowest BCUT2D eigenvalue weighted by Crippen LogP contribution is -2.40. The number of nitrogens with zero attached hydrogens (tertiary/aromatic N) is 2. The van der Waals surface area contributed by atoms with Crippen LogP contribution in [-0.4, -0.2) is 43.4 Å². The van der Waals surface area contributed by atoms with Gasteiger partial charge in [-0.1, -0.05) is 47.2 Å². The third kappa shape index (κ3) is 5.96. The second kappa shape index (κ2) is 12.1. The molecule has 2 heterocycles. The van der Waals surface area contributed by atoms with Crippen LogP contribution in [-0.2, 0) is 19.1 Å². The molecule has 39 heavy (non-hydrogen) atoms. The van der Waals surface area contributed by atoms with Crippen molar-refractivity contribution in [2.24, 2.45) is 4.99 Å². The minimum absolute atomic E-state index is 0.171. The Balaban J connectivity index is 1.89. The number of carbonyl (C=O) groups excluding carboxylic acids is 2. The van der Waals surface area contributed by atoms with Crippen molar-refractivity contribution in [3.63, 3.8) is 0 Å². The van der Waals surface area contributed by atoms with Crippen molar-refractivity contribution in [3.05, 3.63) is 90.1 Å². The topological polar surface area (TPSA) is 105 Å². The number of allylic oxidation sites excluding steroid dienone is 1. The number of benzene rings is 2. The van der Waals surface area contributed by atoms with E-state index < -0.39 is 18.0 Å². The van der Waals surface area contributed by atoms with Crippen LogP contribution in [0.25, 0.3) is 6.08 Å². The highest BCUT2D eigenvalue weighted by Gasteiger charge is 2.34. The van der Waals surface area contributed by atoms with Crippen LogP contribution in [0.4, 0.5) is 0 Å². The van der Waals surface area contributed by atoms with Gasteiger partial charge in [0.2, 0.25) is 0 Å². The van der Waals surface area contributed by atoms with Gasteiger partial charge in [-0.15, -0.1) is 0 Å². The van der Waals surface area contributed by atoms with Gasteiger partial charge >= 0.3 is 11.9 Å². The predicted molar refractivity (Wildman–Crippen MR) is 147 cm³/mol. The van der Waals surface area contributed by atoms with Crippen molar-refractivity contribution in [3.8, 4) is 11.5 Å². The van der Waals surface area contributed by atoms with E-state index in [1.165, 1.54) is 23.0 Å². The first kappa shape index (κ1) is 27.8. The number of esters is 2. The van der Waals surface area contributed by atoms with Gasteiger partial charge in [0, 0.05) is 0 Å². The fourth-order valence-corrected chi connectivity index (χ4v) is 5.25. The molecule has 4 rings (SSSR count). The van der Waals surface area contributed by atoms with Gasteiger partial charge in [0.15, 0.2) is 22.9 Å². The Kier molecular flexibility index (Phi) is 8.65. The quantitative estimate of drug-likeness (QED) is 0.377. The van der Waals surface area contributed by atoms with Crippen molar-refractivity contribution in [1.29, 1.82) is 0 Å². The van der Waals surface area contributed by atoms with Gasteiger partial charge in [-0.3, -0.25) is 9.36 Å². The van der Waals surface area contributed by atoms with E-state index in [0.29, 0.717) is 38.7 Å². The van der Waals surface area contributed by atoms with Crippen LogP contribution in [0.1, 0.15) is 43.5 Å². The minimum atomic E-state index is -0.811. The summed E-state index contributed by atoms with van der Waals surface area (Å²) in [5.74, 6) is -0.402. The molecule has 1 aromatic heterocycles. The number of ether oxygens (including phenoxy) is 4. The van der Waals surface area contributed by atoms with Crippen LogP contribution in [0, 0.1) is 6.92 Å². The monoisotopic (exact) mass is 550 g/mol. The second-order valence-electron chi connectivity index (χ2n) is 8.72. The molecule has 0 bridgehead atoms. The summed E-state index contributed by atoms with van der Waals surface area (Å²) < 4.78 is 23.4. The Morgan fingerprint density at radius 1 is 1.03 bits per heavy atom. The third-order valence-corrected chi connectivity index (χ3v) is 7.03. The number of hydrogen-bond donors (Lipinski definition) is 0. The Morgan fingerprint density at radius 3 is 2.44 bits per heavy atom. The molecular formula is C29H30N2O7S. The molecule has 204 valence electrons. The SMILES string of the molecule is CCOC(=O)C1=C(C)N=c2s/c(=C\c3ccc(C)cc3)c(=O)n2[C@H]1c1ccc(OCC(=O)OC)c(OCC)c1. The summed E-state index contributed by atoms with van der Waals surface area (Å²) in [4.78, 5) is 43.6. The van der Waals surface area contributed by atoms with E-state index >= 15 is 0 Å². The van der Waals surface area contributed by atoms with E-state index in [4.69, 9.17) is 14.2 Å². The summed E-state index contributed by atoms with van der Waals surface area (Å²) in [5.41, 5.74) is 3.05. The number of aryl methyl sites for hydroxylation is 1. The Morgan fingerprint density at radius 2 is 1.77 bits per heavy atom. The number of thiazole rings is 1. The molecular weight excluding hydrogens is 520 g/mol. The minimum Gasteiger partial charge on any atom is -0.490 e. The number of methoxy groups -OCH3 is 1. The van der Waals surface area contributed by atoms with Gasteiger partial charge in [0.25, 0.3) is 5.56 Å². The van der Waals surface area contributed by atoms with Crippen LogP contribution < -0.4 is 24.4 Å². The Hall–Kier alpha value is -4.18. The van der Waals surface area contributed by atoms with Gasteiger partial charge in [-0.25, -0.2) is 14.6 Å². The van der Waals surface area contributed by atoms with E-state index in [1.54, 1.807) is 32.0 Å². The van der Waals surface area contributed by atoms with Crippen LogP contribution in [0.3, 0.4) is 0 Å². The lowest BCUT2D eigenvalue weighted by molar-refractivity contribution is -0.143.